The first-order valence-electron chi connectivity index (χ1n) is 4.86. The Bertz CT molecular complexity index is 282. The largest absolute Gasteiger partial charge is 0.369 e. The summed E-state index contributed by atoms with van der Waals surface area (Å²) in [6, 6.07) is 0. The standard InChI is InChI=1S/C13H16O2/c1-4-10-14-12-8-6-7-9-13(3)15-11-5-2/h1-2,13H,6,8,10-12H2,3H3. The van der Waals surface area contributed by atoms with Crippen LogP contribution < -0.4 is 0 Å². The lowest BCUT2D eigenvalue weighted by atomic mass is 10.3. The van der Waals surface area contributed by atoms with Gasteiger partial charge in [0.05, 0.1) is 0 Å². The van der Waals surface area contributed by atoms with Crippen LogP contribution in [0.5, 0.6) is 0 Å². The van der Waals surface area contributed by atoms with E-state index in [1.54, 1.807) is 0 Å². The van der Waals surface area contributed by atoms with E-state index in [-0.39, 0.29) is 6.10 Å². The van der Waals surface area contributed by atoms with Crippen molar-refractivity contribution < 1.29 is 9.47 Å². The Labute approximate surface area is 92.3 Å². The van der Waals surface area contributed by atoms with Gasteiger partial charge < -0.3 is 9.47 Å². The second-order valence-corrected chi connectivity index (χ2v) is 2.84. The Morgan fingerprint density at radius 2 is 1.93 bits per heavy atom. The van der Waals surface area contributed by atoms with Crippen LogP contribution in [-0.2, 0) is 9.47 Å². The fraction of sp³-hybridized carbons (Fsp3) is 0.538. The highest BCUT2D eigenvalue weighted by Gasteiger charge is 1.92. The molecule has 0 aromatic rings. The highest BCUT2D eigenvalue weighted by atomic mass is 16.5. The minimum Gasteiger partial charge on any atom is -0.369 e. The number of hydrogen-bond acceptors (Lipinski definition) is 2. The second kappa shape index (κ2) is 10.7. The monoisotopic (exact) mass is 204 g/mol. The van der Waals surface area contributed by atoms with Crippen molar-refractivity contribution in [3.8, 4) is 36.5 Å². The Hall–Kier alpha value is -1.40. The van der Waals surface area contributed by atoms with Gasteiger partial charge in [0.25, 0.3) is 0 Å². The predicted octanol–water partition coefficient (Wildman–Crippen LogP) is 1.46. The van der Waals surface area contributed by atoms with Crippen LogP contribution in [-0.4, -0.2) is 25.9 Å². The smallest absolute Gasteiger partial charge is 0.116 e. The van der Waals surface area contributed by atoms with E-state index in [1.165, 1.54) is 0 Å². The third kappa shape index (κ3) is 10.5. The first-order chi connectivity index (χ1) is 7.31. The third-order valence-corrected chi connectivity index (χ3v) is 1.50. The summed E-state index contributed by atoms with van der Waals surface area (Å²) < 4.78 is 10.3. The quantitative estimate of drug-likeness (QED) is 0.481. The molecule has 80 valence electrons. The van der Waals surface area contributed by atoms with Crippen LogP contribution in [0.15, 0.2) is 0 Å². The molecule has 0 saturated carbocycles. The lowest BCUT2D eigenvalue weighted by Gasteiger charge is -2.01. The van der Waals surface area contributed by atoms with Crippen LogP contribution in [0.1, 0.15) is 19.8 Å². The molecule has 15 heavy (non-hydrogen) atoms. The topological polar surface area (TPSA) is 18.5 Å². The minimum absolute atomic E-state index is 0.104. The highest BCUT2D eigenvalue weighted by molar-refractivity contribution is 5.04. The number of unbranched alkanes of at least 4 members (excludes halogenated alkanes) is 1. The predicted molar refractivity (Wildman–Crippen MR) is 60.9 cm³/mol. The summed E-state index contributed by atoms with van der Waals surface area (Å²) in [5.41, 5.74) is 0. The second-order valence-electron chi connectivity index (χ2n) is 2.84. The molecule has 2 heteroatoms. The van der Waals surface area contributed by atoms with E-state index in [4.69, 9.17) is 22.3 Å². The third-order valence-electron chi connectivity index (χ3n) is 1.50. The molecule has 0 bridgehead atoms. The zero-order valence-corrected chi connectivity index (χ0v) is 9.08. The van der Waals surface area contributed by atoms with E-state index in [0.717, 1.165) is 12.8 Å². The molecule has 0 aromatic carbocycles. The van der Waals surface area contributed by atoms with Crippen molar-refractivity contribution in [2.75, 3.05) is 19.8 Å². The first kappa shape index (κ1) is 13.6. The van der Waals surface area contributed by atoms with Crippen molar-refractivity contribution in [3.63, 3.8) is 0 Å². The molecule has 0 aliphatic carbocycles. The van der Waals surface area contributed by atoms with Gasteiger partial charge in [-0.2, -0.15) is 0 Å². The summed E-state index contributed by atoms with van der Waals surface area (Å²) in [5, 5.41) is 0. The van der Waals surface area contributed by atoms with Gasteiger partial charge in [-0.3, -0.25) is 0 Å². The van der Waals surface area contributed by atoms with E-state index in [0.29, 0.717) is 19.8 Å². The maximum absolute atomic E-state index is 5.17. The van der Waals surface area contributed by atoms with Gasteiger partial charge >= 0.3 is 0 Å². The van der Waals surface area contributed by atoms with Gasteiger partial charge in [-0.05, 0) is 13.3 Å². The fourth-order valence-corrected chi connectivity index (χ4v) is 0.824. The van der Waals surface area contributed by atoms with Gasteiger partial charge in [0.15, 0.2) is 0 Å². The molecule has 0 aliphatic heterocycles. The Morgan fingerprint density at radius 3 is 2.60 bits per heavy atom. The summed E-state index contributed by atoms with van der Waals surface area (Å²) in [7, 11) is 0. The first-order valence-corrected chi connectivity index (χ1v) is 4.86. The molecule has 1 unspecified atom stereocenters. The van der Waals surface area contributed by atoms with Gasteiger partial charge in [-0.25, -0.2) is 0 Å². The maximum Gasteiger partial charge on any atom is 0.116 e. The van der Waals surface area contributed by atoms with Crippen molar-refractivity contribution in [2.24, 2.45) is 0 Å². The Balaban J connectivity index is 3.38. The molecular weight excluding hydrogens is 188 g/mol. The average molecular weight is 204 g/mol. The zero-order chi connectivity index (χ0) is 11.4. The fourth-order valence-electron chi connectivity index (χ4n) is 0.824. The number of hydrogen-bond donors (Lipinski definition) is 0. The van der Waals surface area contributed by atoms with Gasteiger partial charge in [0, 0.05) is 13.0 Å². The van der Waals surface area contributed by atoms with E-state index in [1.807, 2.05) is 6.92 Å². The van der Waals surface area contributed by atoms with Crippen LogP contribution >= 0.6 is 0 Å². The van der Waals surface area contributed by atoms with E-state index in [2.05, 4.69) is 23.7 Å². The Morgan fingerprint density at radius 1 is 1.20 bits per heavy atom. The van der Waals surface area contributed by atoms with Crippen LogP contribution in [0.2, 0.25) is 0 Å². The molecule has 0 heterocycles. The molecule has 0 aromatic heterocycles. The highest BCUT2D eigenvalue weighted by Crippen LogP contribution is 1.90. The van der Waals surface area contributed by atoms with Gasteiger partial charge in [-0.15, -0.1) is 18.8 Å². The summed E-state index contributed by atoms with van der Waals surface area (Å²) in [6.45, 7) is 3.20. The molecule has 0 aliphatic rings. The number of terminal acetylenes is 2. The Kier molecular flexibility index (Phi) is 9.68. The lowest BCUT2D eigenvalue weighted by Crippen LogP contribution is -2.04. The number of ether oxygens (including phenoxy) is 2. The number of rotatable bonds is 6. The van der Waals surface area contributed by atoms with Crippen molar-refractivity contribution in [1.82, 2.24) is 0 Å². The molecule has 0 saturated heterocycles. The molecule has 1 atom stereocenters. The zero-order valence-electron chi connectivity index (χ0n) is 9.08. The molecule has 0 spiro atoms. The van der Waals surface area contributed by atoms with Crippen LogP contribution in [0.4, 0.5) is 0 Å². The lowest BCUT2D eigenvalue weighted by molar-refractivity contribution is 0.134. The van der Waals surface area contributed by atoms with Crippen molar-refractivity contribution in [3.05, 3.63) is 0 Å². The molecule has 0 amide bonds. The van der Waals surface area contributed by atoms with Crippen LogP contribution in [0, 0.1) is 36.5 Å². The van der Waals surface area contributed by atoms with Crippen molar-refractivity contribution in [2.45, 2.75) is 25.9 Å². The minimum atomic E-state index is -0.104. The van der Waals surface area contributed by atoms with Gasteiger partial charge in [0.1, 0.15) is 19.3 Å². The van der Waals surface area contributed by atoms with Gasteiger partial charge in [0.2, 0.25) is 0 Å². The average Bonchev–Trinajstić information content (AvgIpc) is 2.25. The summed E-state index contributed by atoms with van der Waals surface area (Å²) in [4.78, 5) is 0. The van der Waals surface area contributed by atoms with Crippen molar-refractivity contribution in [1.29, 1.82) is 0 Å². The molecule has 2 nitrogen and oxygen atoms in total. The van der Waals surface area contributed by atoms with E-state index < -0.39 is 0 Å². The summed E-state index contributed by atoms with van der Waals surface area (Å²) in [6.07, 6.45) is 11.6. The van der Waals surface area contributed by atoms with E-state index in [9.17, 15) is 0 Å². The summed E-state index contributed by atoms with van der Waals surface area (Å²) >= 11 is 0. The van der Waals surface area contributed by atoms with Gasteiger partial charge in [-0.1, -0.05) is 17.8 Å². The molecule has 0 N–H and O–H groups in total. The van der Waals surface area contributed by atoms with E-state index >= 15 is 0 Å². The van der Waals surface area contributed by atoms with Crippen molar-refractivity contribution >= 4 is 0 Å². The molecule has 0 radical (unpaired) electrons. The molecule has 0 fully saturated rings. The SMILES string of the molecule is C#CCOCCCC#CC(C)OCC#C. The normalized spacial score (nSPS) is 10.6. The molecular formula is C13H16O2. The molecule has 0 rings (SSSR count). The van der Waals surface area contributed by atoms with Crippen LogP contribution in [0.25, 0.3) is 0 Å². The summed E-state index contributed by atoms with van der Waals surface area (Å²) in [5.74, 6) is 10.7. The van der Waals surface area contributed by atoms with Crippen LogP contribution in [0.3, 0.4) is 0 Å². The maximum atomic E-state index is 5.17.